The Labute approximate surface area is 155 Å². The SMILES string of the molecule is CCN1CCCN(C(=O)c2ccn(-c3ccc(Cl)cc3Cl)n2)CC1=O. The summed E-state index contributed by atoms with van der Waals surface area (Å²) in [6.07, 6.45) is 2.43. The van der Waals surface area contributed by atoms with E-state index >= 15 is 0 Å². The van der Waals surface area contributed by atoms with E-state index in [1.165, 1.54) is 4.68 Å². The fourth-order valence-electron chi connectivity index (χ4n) is 2.83. The highest BCUT2D eigenvalue weighted by Crippen LogP contribution is 2.24. The molecule has 3 rings (SSSR count). The standard InChI is InChI=1S/C17H18Cl2N4O2/c1-2-21-7-3-8-22(11-16(21)24)17(25)14-6-9-23(20-14)15-5-4-12(18)10-13(15)19/h4-6,9-10H,2-3,7-8,11H2,1H3. The summed E-state index contributed by atoms with van der Waals surface area (Å²) in [6.45, 7) is 3.89. The zero-order chi connectivity index (χ0) is 18.0. The van der Waals surface area contributed by atoms with Gasteiger partial charge in [0.2, 0.25) is 5.91 Å². The highest BCUT2D eigenvalue weighted by molar-refractivity contribution is 6.35. The van der Waals surface area contributed by atoms with Crippen molar-refractivity contribution in [2.24, 2.45) is 0 Å². The van der Waals surface area contributed by atoms with Crippen LogP contribution in [-0.4, -0.2) is 57.6 Å². The zero-order valence-corrected chi connectivity index (χ0v) is 15.3. The number of carbonyl (C=O) groups excluding carboxylic acids is 2. The normalized spacial score (nSPS) is 15.4. The summed E-state index contributed by atoms with van der Waals surface area (Å²) in [5.41, 5.74) is 0.915. The van der Waals surface area contributed by atoms with Gasteiger partial charge in [0.15, 0.2) is 5.69 Å². The van der Waals surface area contributed by atoms with E-state index in [0.29, 0.717) is 35.4 Å². The lowest BCUT2D eigenvalue weighted by Crippen LogP contribution is -2.39. The molecule has 0 saturated carbocycles. The summed E-state index contributed by atoms with van der Waals surface area (Å²) in [5, 5.41) is 5.29. The van der Waals surface area contributed by atoms with Gasteiger partial charge in [0.25, 0.3) is 5.91 Å². The molecule has 1 aliphatic rings. The van der Waals surface area contributed by atoms with E-state index < -0.39 is 0 Å². The van der Waals surface area contributed by atoms with Gasteiger partial charge >= 0.3 is 0 Å². The molecule has 8 heteroatoms. The lowest BCUT2D eigenvalue weighted by molar-refractivity contribution is -0.130. The maximum atomic E-state index is 12.7. The summed E-state index contributed by atoms with van der Waals surface area (Å²) < 4.78 is 1.53. The van der Waals surface area contributed by atoms with Gasteiger partial charge < -0.3 is 9.80 Å². The van der Waals surface area contributed by atoms with E-state index in [1.54, 1.807) is 40.3 Å². The average Bonchev–Trinajstić information content (AvgIpc) is 2.98. The van der Waals surface area contributed by atoms with E-state index in [0.717, 1.165) is 6.42 Å². The van der Waals surface area contributed by atoms with Gasteiger partial charge in [-0.1, -0.05) is 23.2 Å². The van der Waals surface area contributed by atoms with Crippen LogP contribution in [0.1, 0.15) is 23.8 Å². The molecule has 132 valence electrons. The number of hydrogen-bond acceptors (Lipinski definition) is 3. The fourth-order valence-corrected chi connectivity index (χ4v) is 3.32. The van der Waals surface area contributed by atoms with Crippen LogP contribution in [0.25, 0.3) is 5.69 Å². The summed E-state index contributed by atoms with van der Waals surface area (Å²) in [6, 6.07) is 6.69. The van der Waals surface area contributed by atoms with Gasteiger partial charge in [0, 0.05) is 30.9 Å². The molecule has 2 aromatic rings. The van der Waals surface area contributed by atoms with Gasteiger partial charge in [0.1, 0.15) is 6.54 Å². The number of benzene rings is 1. The smallest absolute Gasteiger partial charge is 0.274 e. The molecule has 0 N–H and O–H groups in total. The minimum Gasteiger partial charge on any atom is -0.341 e. The monoisotopic (exact) mass is 380 g/mol. The Morgan fingerprint density at radius 2 is 2.04 bits per heavy atom. The molecule has 1 aromatic carbocycles. The Hall–Kier alpha value is -2.05. The van der Waals surface area contributed by atoms with Crippen LogP contribution in [0.4, 0.5) is 0 Å². The lowest BCUT2D eigenvalue weighted by Gasteiger charge is -2.20. The quantitative estimate of drug-likeness (QED) is 0.822. The first kappa shape index (κ1) is 17.8. The van der Waals surface area contributed by atoms with Crippen molar-refractivity contribution in [1.82, 2.24) is 19.6 Å². The lowest BCUT2D eigenvalue weighted by atomic mass is 10.3. The number of nitrogens with zero attached hydrogens (tertiary/aromatic N) is 4. The molecule has 0 radical (unpaired) electrons. The van der Waals surface area contributed by atoms with Crippen molar-refractivity contribution in [3.8, 4) is 5.69 Å². The van der Waals surface area contributed by atoms with Crippen LogP contribution in [-0.2, 0) is 4.79 Å². The van der Waals surface area contributed by atoms with Gasteiger partial charge in [-0.25, -0.2) is 4.68 Å². The molecule has 1 saturated heterocycles. The summed E-state index contributed by atoms with van der Waals surface area (Å²) in [4.78, 5) is 28.2. The Morgan fingerprint density at radius 1 is 1.24 bits per heavy atom. The molecular formula is C17H18Cl2N4O2. The third kappa shape index (κ3) is 3.80. The Morgan fingerprint density at radius 3 is 2.76 bits per heavy atom. The molecule has 25 heavy (non-hydrogen) atoms. The molecule has 2 amide bonds. The second kappa shape index (κ2) is 7.45. The second-order valence-electron chi connectivity index (χ2n) is 5.79. The number of aromatic nitrogens is 2. The van der Waals surface area contributed by atoms with Crippen LogP contribution in [0, 0.1) is 0 Å². The van der Waals surface area contributed by atoms with E-state index in [2.05, 4.69) is 5.10 Å². The van der Waals surface area contributed by atoms with E-state index in [1.807, 2.05) is 6.92 Å². The average molecular weight is 381 g/mol. The Bertz CT molecular complexity index is 806. The van der Waals surface area contributed by atoms with Crippen molar-refractivity contribution in [3.63, 3.8) is 0 Å². The van der Waals surface area contributed by atoms with Crippen LogP contribution in [0.5, 0.6) is 0 Å². The largest absolute Gasteiger partial charge is 0.341 e. The molecule has 2 heterocycles. The highest BCUT2D eigenvalue weighted by Gasteiger charge is 2.26. The minimum atomic E-state index is -0.255. The summed E-state index contributed by atoms with van der Waals surface area (Å²) in [5.74, 6) is -0.288. The van der Waals surface area contributed by atoms with Crippen molar-refractivity contribution < 1.29 is 9.59 Å². The van der Waals surface area contributed by atoms with Gasteiger partial charge in [-0.05, 0) is 37.6 Å². The second-order valence-corrected chi connectivity index (χ2v) is 6.64. The Balaban J connectivity index is 1.79. The first-order valence-corrected chi connectivity index (χ1v) is 8.83. The number of rotatable bonds is 3. The highest BCUT2D eigenvalue weighted by atomic mass is 35.5. The number of halogens is 2. The van der Waals surface area contributed by atoms with Gasteiger partial charge in [-0.3, -0.25) is 9.59 Å². The van der Waals surface area contributed by atoms with Crippen molar-refractivity contribution >= 4 is 35.0 Å². The molecule has 1 aromatic heterocycles. The molecule has 6 nitrogen and oxygen atoms in total. The van der Waals surface area contributed by atoms with Crippen molar-refractivity contribution in [3.05, 3.63) is 46.2 Å². The minimum absolute atomic E-state index is 0.0338. The molecule has 1 fully saturated rings. The van der Waals surface area contributed by atoms with Crippen LogP contribution in [0.3, 0.4) is 0 Å². The maximum absolute atomic E-state index is 12.7. The van der Waals surface area contributed by atoms with Gasteiger partial charge in [0.05, 0.1) is 10.7 Å². The van der Waals surface area contributed by atoms with Crippen LogP contribution in [0.15, 0.2) is 30.5 Å². The van der Waals surface area contributed by atoms with Crippen LogP contribution < -0.4 is 0 Å². The number of amides is 2. The van der Waals surface area contributed by atoms with Gasteiger partial charge in [-0.15, -0.1) is 0 Å². The third-order valence-electron chi connectivity index (χ3n) is 4.17. The molecular weight excluding hydrogens is 363 g/mol. The van der Waals surface area contributed by atoms with Crippen molar-refractivity contribution in [2.75, 3.05) is 26.2 Å². The molecule has 0 atom stereocenters. The van der Waals surface area contributed by atoms with Crippen LogP contribution >= 0.6 is 23.2 Å². The summed E-state index contributed by atoms with van der Waals surface area (Å²) in [7, 11) is 0. The van der Waals surface area contributed by atoms with Gasteiger partial charge in [-0.2, -0.15) is 5.10 Å². The predicted octanol–water partition coefficient (Wildman–Crippen LogP) is 2.87. The summed E-state index contributed by atoms with van der Waals surface area (Å²) >= 11 is 12.1. The zero-order valence-electron chi connectivity index (χ0n) is 13.8. The maximum Gasteiger partial charge on any atom is 0.274 e. The number of likely N-dealkylation sites (N-methyl/N-ethyl adjacent to an activating group) is 1. The van der Waals surface area contributed by atoms with E-state index in [4.69, 9.17) is 23.2 Å². The molecule has 0 spiro atoms. The number of carbonyl (C=O) groups is 2. The molecule has 0 aliphatic carbocycles. The number of hydrogen-bond donors (Lipinski definition) is 0. The third-order valence-corrected chi connectivity index (χ3v) is 4.71. The molecule has 1 aliphatic heterocycles. The van der Waals surface area contributed by atoms with Crippen molar-refractivity contribution in [1.29, 1.82) is 0 Å². The first-order valence-electron chi connectivity index (χ1n) is 8.07. The van der Waals surface area contributed by atoms with Crippen molar-refractivity contribution in [2.45, 2.75) is 13.3 Å². The Kier molecular flexibility index (Phi) is 5.30. The van der Waals surface area contributed by atoms with Crippen LogP contribution in [0.2, 0.25) is 10.0 Å². The molecule has 0 bridgehead atoms. The predicted molar refractivity (Wildman–Crippen MR) is 96.4 cm³/mol. The van der Waals surface area contributed by atoms with E-state index in [9.17, 15) is 9.59 Å². The fraction of sp³-hybridized carbons (Fsp3) is 0.353. The topological polar surface area (TPSA) is 58.4 Å². The molecule has 0 unspecified atom stereocenters. The first-order chi connectivity index (χ1) is 12.0. The van der Waals surface area contributed by atoms with E-state index in [-0.39, 0.29) is 24.1 Å².